The van der Waals surface area contributed by atoms with E-state index in [0.29, 0.717) is 5.75 Å². The maximum absolute atomic E-state index is 11.1. The van der Waals surface area contributed by atoms with Gasteiger partial charge in [0.25, 0.3) is 0 Å². The van der Waals surface area contributed by atoms with Crippen molar-refractivity contribution in [3.63, 3.8) is 0 Å². The Balaban J connectivity index is 2.50. The monoisotopic (exact) mass is 187 g/mol. The number of benzene rings is 1. The van der Waals surface area contributed by atoms with Crippen LogP contribution in [0.4, 0.5) is 0 Å². The van der Waals surface area contributed by atoms with E-state index in [4.69, 9.17) is 4.74 Å². The average Bonchev–Trinajstić information content (AvgIpc) is 2.20. The first-order valence-electron chi connectivity index (χ1n) is 4.30. The lowest BCUT2D eigenvalue weighted by Crippen LogP contribution is -2.03. The zero-order valence-electron chi connectivity index (χ0n) is 7.94. The van der Waals surface area contributed by atoms with Gasteiger partial charge >= 0.3 is 5.97 Å². The fourth-order valence-electron chi connectivity index (χ4n) is 0.835. The van der Waals surface area contributed by atoms with Crippen LogP contribution in [0.3, 0.4) is 0 Å². The Kier molecular flexibility index (Phi) is 4.21. The number of esters is 1. The van der Waals surface area contributed by atoms with Gasteiger partial charge in [0.1, 0.15) is 5.75 Å². The molecule has 0 amide bonds. The van der Waals surface area contributed by atoms with E-state index in [0.717, 1.165) is 0 Å². The minimum atomic E-state index is -0.380. The molecule has 0 aromatic heterocycles. The molecule has 2 nitrogen and oxygen atoms in total. The summed E-state index contributed by atoms with van der Waals surface area (Å²) in [5, 5.41) is 0. The van der Waals surface area contributed by atoms with Gasteiger partial charge in [-0.3, -0.25) is 0 Å². The Morgan fingerprint density at radius 2 is 2.07 bits per heavy atom. The molecule has 0 saturated carbocycles. The van der Waals surface area contributed by atoms with Crippen molar-refractivity contribution in [3.05, 3.63) is 54.6 Å². The Hall–Kier alpha value is -1.83. The number of rotatable bonds is 3. The summed E-state index contributed by atoms with van der Waals surface area (Å²) >= 11 is 0. The first-order chi connectivity index (χ1) is 6.83. The van der Waals surface area contributed by atoms with Crippen LogP contribution in [0.15, 0.2) is 48.6 Å². The van der Waals surface area contributed by atoms with Gasteiger partial charge in [0.2, 0.25) is 0 Å². The Labute approximate surface area is 83.5 Å². The summed E-state index contributed by atoms with van der Waals surface area (Å²) in [5.74, 6) is 0.146. The van der Waals surface area contributed by atoms with E-state index in [-0.39, 0.29) is 5.97 Å². The van der Waals surface area contributed by atoms with E-state index in [1.807, 2.05) is 13.0 Å². The molecule has 2 heteroatoms. The van der Waals surface area contributed by atoms with Crippen molar-refractivity contribution in [2.45, 2.75) is 6.92 Å². The molecule has 1 aromatic rings. The van der Waals surface area contributed by atoms with Crippen molar-refractivity contribution in [1.82, 2.24) is 0 Å². The lowest BCUT2D eigenvalue weighted by atomic mass is 10.3. The summed E-state index contributed by atoms with van der Waals surface area (Å²) in [6.07, 6.45) is 6.61. The quantitative estimate of drug-likeness (QED) is 0.314. The zero-order valence-corrected chi connectivity index (χ0v) is 7.94. The van der Waals surface area contributed by atoms with Gasteiger partial charge in [0.15, 0.2) is 0 Å². The Bertz CT molecular complexity index is 337. The predicted molar refractivity (Wildman–Crippen MR) is 54.9 cm³/mol. The smallest absolute Gasteiger partial charge is 0.336 e. The van der Waals surface area contributed by atoms with E-state index in [1.54, 1.807) is 36.4 Å². The summed E-state index contributed by atoms with van der Waals surface area (Å²) < 4.78 is 4.98. The van der Waals surface area contributed by atoms with Crippen molar-refractivity contribution in [2.75, 3.05) is 0 Å². The maximum atomic E-state index is 11.1. The average molecular weight is 187 g/mol. The normalized spacial score (nSPS) is 10.9. The molecule has 0 aliphatic heterocycles. The molecule has 0 spiro atoms. The molecule has 0 fully saturated rings. The van der Waals surface area contributed by atoms with Crippen molar-refractivity contribution >= 4 is 5.97 Å². The fraction of sp³-hybridized carbons (Fsp3) is 0.0833. The van der Waals surface area contributed by atoms with E-state index < -0.39 is 0 Å². The highest BCUT2D eigenvalue weighted by atomic mass is 16.5. The van der Waals surface area contributed by atoms with Crippen molar-refractivity contribution < 1.29 is 9.53 Å². The molecule has 71 valence electrons. The topological polar surface area (TPSA) is 26.3 Å². The highest BCUT2D eigenvalue weighted by molar-refractivity contribution is 5.84. The molecule has 0 heterocycles. The molecule has 0 aliphatic rings. The number of allylic oxidation sites excluding steroid dienone is 3. The molecule has 1 rings (SSSR count). The largest absolute Gasteiger partial charge is 0.423 e. The van der Waals surface area contributed by atoms with E-state index in [1.165, 1.54) is 6.08 Å². The summed E-state index contributed by atoms with van der Waals surface area (Å²) in [6.45, 7) is 1.88. The van der Waals surface area contributed by atoms with E-state index >= 15 is 0 Å². The van der Waals surface area contributed by atoms with Crippen molar-refractivity contribution in [1.29, 1.82) is 0 Å². The van der Waals surface area contributed by atoms with E-state index in [2.05, 4.69) is 6.07 Å². The van der Waals surface area contributed by atoms with Crippen molar-refractivity contribution in [2.24, 2.45) is 0 Å². The highest BCUT2D eigenvalue weighted by Crippen LogP contribution is 2.07. The third kappa shape index (κ3) is 3.72. The molecule has 0 aliphatic carbocycles. The second-order valence-corrected chi connectivity index (χ2v) is 2.54. The molecule has 0 unspecified atom stereocenters. The van der Waals surface area contributed by atoms with Crippen LogP contribution in [-0.4, -0.2) is 5.97 Å². The van der Waals surface area contributed by atoms with Gasteiger partial charge in [-0.05, 0) is 25.1 Å². The minimum absolute atomic E-state index is 0.380. The van der Waals surface area contributed by atoms with Gasteiger partial charge < -0.3 is 4.74 Å². The molecular formula is C12H11O2. The van der Waals surface area contributed by atoms with Crippen LogP contribution >= 0.6 is 0 Å². The van der Waals surface area contributed by atoms with Crippen LogP contribution in [0.1, 0.15) is 6.92 Å². The molecule has 0 atom stereocenters. The van der Waals surface area contributed by atoms with Crippen LogP contribution in [0.5, 0.6) is 5.75 Å². The SMILES string of the molecule is C/C=C/C=C/C(=O)Oc1cc[c]cc1. The predicted octanol–water partition coefficient (Wildman–Crippen LogP) is 2.52. The summed E-state index contributed by atoms with van der Waals surface area (Å²) in [7, 11) is 0. The molecule has 1 radical (unpaired) electrons. The van der Waals surface area contributed by atoms with Gasteiger partial charge in [-0.25, -0.2) is 4.79 Å². The fourth-order valence-corrected chi connectivity index (χ4v) is 0.835. The molecular weight excluding hydrogens is 176 g/mol. The van der Waals surface area contributed by atoms with Crippen LogP contribution in [0.25, 0.3) is 0 Å². The van der Waals surface area contributed by atoms with Crippen LogP contribution in [0, 0.1) is 6.07 Å². The molecule has 0 N–H and O–H groups in total. The number of hydrogen-bond donors (Lipinski definition) is 0. The number of ether oxygens (including phenoxy) is 1. The number of carbonyl (C=O) groups excluding carboxylic acids is 1. The summed E-state index contributed by atoms with van der Waals surface area (Å²) in [6, 6.07) is 9.59. The standard InChI is InChI=1S/C12H11O2/c1-2-3-5-10-12(13)14-11-8-6-4-7-9-11/h2-3,5-10H,1H3/b3-2+,10-5+. The van der Waals surface area contributed by atoms with Gasteiger partial charge in [0, 0.05) is 6.08 Å². The van der Waals surface area contributed by atoms with Gasteiger partial charge in [-0.15, -0.1) is 0 Å². The lowest BCUT2D eigenvalue weighted by molar-refractivity contribution is -0.128. The third-order valence-electron chi connectivity index (χ3n) is 1.44. The molecule has 0 bridgehead atoms. The molecule has 1 aromatic carbocycles. The summed E-state index contributed by atoms with van der Waals surface area (Å²) in [4.78, 5) is 11.1. The second kappa shape index (κ2) is 5.75. The third-order valence-corrected chi connectivity index (χ3v) is 1.44. The van der Waals surface area contributed by atoms with Crippen LogP contribution < -0.4 is 4.74 Å². The number of hydrogen-bond acceptors (Lipinski definition) is 2. The van der Waals surface area contributed by atoms with Crippen LogP contribution in [0.2, 0.25) is 0 Å². The lowest BCUT2D eigenvalue weighted by Gasteiger charge is -1.98. The zero-order chi connectivity index (χ0) is 10.2. The molecule has 14 heavy (non-hydrogen) atoms. The van der Waals surface area contributed by atoms with Crippen LogP contribution in [-0.2, 0) is 4.79 Å². The molecule has 0 saturated heterocycles. The first-order valence-corrected chi connectivity index (χ1v) is 4.30. The summed E-state index contributed by atoms with van der Waals surface area (Å²) in [5.41, 5.74) is 0. The minimum Gasteiger partial charge on any atom is -0.423 e. The highest BCUT2D eigenvalue weighted by Gasteiger charge is 1.97. The van der Waals surface area contributed by atoms with Gasteiger partial charge in [0.05, 0.1) is 0 Å². The first kappa shape index (κ1) is 10.3. The van der Waals surface area contributed by atoms with Gasteiger partial charge in [-0.2, -0.15) is 0 Å². The Morgan fingerprint density at radius 1 is 1.36 bits per heavy atom. The van der Waals surface area contributed by atoms with Gasteiger partial charge in [-0.1, -0.05) is 30.4 Å². The Morgan fingerprint density at radius 3 is 2.71 bits per heavy atom. The van der Waals surface area contributed by atoms with Crippen molar-refractivity contribution in [3.8, 4) is 5.75 Å². The second-order valence-electron chi connectivity index (χ2n) is 2.54. The maximum Gasteiger partial charge on any atom is 0.336 e. The van der Waals surface area contributed by atoms with E-state index in [9.17, 15) is 4.79 Å². The number of carbonyl (C=O) groups is 1.